The average molecular weight is 402 g/mol. The first kappa shape index (κ1) is 20.6. The largest absolute Gasteiger partial charge is 0.418 e. The maximum absolute atomic E-state index is 13.4. The number of carbonyl (C=O) groups is 1. The summed E-state index contributed by atoms with van der Waals surface area (Å²) in [6.45, 7) is 2.31. The first-order chi connectivity index (χ1) is 13.7. The molecular formula is C21H21F3N4O. The van der Waals surface area contributed by atoms with Gasteiger partial charge in [0.25, 0.3) is 0 Å². The summed E-state index contributed by atoms with van der Waals surface area (Å²) in [4.78, 5) is 14.3. The van der Waals surface area contributed by atoms with Gasteiger partial charge in [-0.25, -0.2) is 4.68 Å². The van der Waals surface area contributed by atoms with Gasteiger partial charge in [-0.2, -0.15) is 18.3 Å². The standard InChI is InChI=1S/C21H21F3N4O/c1-15-12-19(25-20(29)14-27(2)13-16-8-4-3-5-9-16)28(26-15)18-11-7-6-10-17(18)21(22,23)24/h3-12H,13-14H2,1-2H3,(H,25,29). The number of benzene rings is 2. The van der Waals surface area contributed by atoms with Crippen molar-refractivity contribution in [3.05, 3.63) is 77.5 Å². The number of rotatable bonds is 6. The zero-order chi connectivity index (χ0) is 21.0. The predicted molar refractivity (Wildman–Crippen MR) is 105 cm³/mol. The van der Waals surface area contributed by atoms with Gasteiger partial charge in [0.1, 0.15) is 5.82 Å². The van der Waals surface area contributed by atoms with Crippen molar-refractivity contribution in [2.75, 3.05) is 18.9 Å². The molecule has 0 radical (unpaired) electrons. The van der Waals surface area contributed by atoms with Gasteiger partial charge in [-0.05, 0) is 31.7 Å². The molecule has 1 N–H and O–H groups in total. The van der Waals surface area contributed by atoms with E-state index >= 15 is 0 Å². The minimum Gasteiger partial charge on any atom is -0.309 e. The fraction of sp³-hybridized carbons (Fsp3) is 0.238. The summed E-state index contributed by atoms with van der Waals surface area (Å²) in [7, 11) is 1.80. The minimum absolute atomic E-state index is 0.0834. The number of amides is 1. The van der Waals surface area contributed by atoms with Crippen LogP contribution in [-0.4, -0.2) is 34.2 Å². The van der Waals surface area contributed by atoms with E-state index < -0.39 is 11.7 Å². The van der Waals surface area contributed by atoms with Crippen LogP contribution in [0.3, 0.4) is 0 Å². The number of aromatic nitrogens is 2. The average Bonchev–Trinajstić information content (AvgIpc) is 3.01. The third-order valence-electron chi connectivity index (χ3n) is 4.25. The van der Waals surface area contributed by atoms with Crippen LogP contribution in [0.4, 0.5) is 19.0 Å². The predicted octanol–water partition coefficient (Wildman–Crippen LogP) is 4.27. The highest BCUT2D eigenvalue weighted by molar-refractivity contribution is 5.91. The number of hydrogen-bond donors (Lipinski definition) is 1. The number of aryl methyl sites for hydroxylation is 1. The van der Waals surface area contributed by atoms with E-state index in [1.807, 2.05) is 35.2 Å². The van der Waals surface area contributed by atoms with Gasteiger partial charge in [-0.3, -0.25) is 9.69 Å². The molecule has 0 unspecified atom stereocenters. The Morgan fingerprint density at radius 1 is 1.10 bits per heavy atom. The molecule has 0 saturated heterocycles. The number of anilines is 1. The summed E-state index contributed by atoms with van der Waals surface area (Å²) in [5, 5.41) is 6.82. The van der Waals surface area contributed by atoms with E-state index in [0.717, 1.165) is 16.3 Å². The fourth-order valence-electron chi connectivity index (χ4n) is 3.05. The van der Waals surface area contributed by atoms with E-state index in [1.165, 1.54) is 18.2 Å². The summed E-state index contributed by atoms with van der Waals surface area (Å²) in [6, 6.07) is 16.4. The molecule has 0 fully saturated rings. The third-order valence-corrected chi connectivity index (χ3v) is 4.25. The van der Waals surface area contributed by atoms with Gasteiger partial charge in [0.05, 0.1) is 23.5 Å². The lowest BCUT2D eigenvalue weighted by atomic mass is 10.1. The van der Waals surface area contributed by atoms with Gasteiger partial charge in [0, 0.05) is 12.6 Å². The van der Waals surface area contributed by atoms with Crippen molar-refractivity contribution in [3.8, 4) is 5.69 Å². The Kier molecular flexibility index (Phi) is 6.03. The molecule has 0 saturated carbocycles. The number of nitrogens with one attached hydrogen (secondary N) is 1. The maximum Gasteiger partial charge on any atom is 0.418 e. The fourth-order valence-corrected chi connectivity index (χ4v) is 3.05. The van der Waals surface area contributed by atoms with Crippen LogP contribution in [0.5, 0.6) is 0 Å². The van der Waals surface area contributed by atoms with Gasteiger partial charge in [-0.15, -0.1) is 0 Å². The molecule has 0 aliphatic heterocycles. The molecule has 1 amide bonds. The second-order valence-corrected chi connectivity index (χ2v) is 6.80. The molecule has 1 aromatic heterocycles. The highest BCUT2D eigenvalue weighted by Gasteiger charge is 2.34. The number of hydrogen-bond acceptors (Lipinski definition) is 3. The second-order valence-electron chi connectivity index (χ2n) is 6.80. The summed E-state index contributed by atoms with van der Waals surface area (Å²) < 4.78 is 41.3. The van der Waals surface area contributed by atoms with Crippen LogP contribution in [0, 0.1) is 6.92 Å². The molecule has 0 aliphatic rings. The lowest BCUT2D eigenvalue weighted by Crippen LogP contribution is -2.30. The molecule has 3 rings (SSSR count). The molecule has 1 heterocycles. The van der Waals surface area contributed by atoms with Crippen molar-refractivity contribution in [1.82, 2.24) is 14.7 Å². The van der Waals surface area contributed by atoms with Crippen LogP contribution in [-0.2, 0) is 17.5 Å². The highest BCUT2D eigenvalue weighted by atomic mass is 19.4. The second kappa shape index (κ2) is 8.48. The van der Waals surface area contributed by atoms with Crippen LogP contribution in [0.1, 0.15) is 16.8 Å². The smallest absolute Gasteiger partial charge is 0.309 e. The monoisotopic (exact) mass is 402 g/mol. The maximum atomic E-state index is 13.4. The normalized spacial score (nSPS) is 11.7. The van der Waals surface area contributed by atoms with Gasteiger partial charge in [0.2, 0.25) is 5.91 Å². The van der Waals surface area contributed by atoms with Crippen molar-refractivity contribution >= 4 is 11.7 Å². The van der Waals surface area contributed by atoms with Crippen molar-refractivity contribution in [2.45, 2.75) is 19.6 Å². The number of nitrogens with zero attached hydrogens (tertiary/aromatic N) is 3. The van der Waals surface area contributed by atoms with Gasteiger partial charge < -0.3 is 5.32 Å². The van der Waals surface area contributed by atoms with Crippen LogP contribution in [0.15, 0.2) is 60.7 Å². The Hall–Kier alpha value is -3.13. The van der Waals surface area contributed by atoms with E-state index in [2.05, 4.69) is 10.4 Å². The zero-order valence-electron chi connectivity index (χ0n) is 16.1. The zero-order valence-corrected chi connectivity index (χ0v) is 16.1. The molecular weight excluding hydrogens is 381 g/mol. The summed E-state index contributed by atoms with van der Waals surface area (Å²) >= 11 is 0. The van der Waals surface area contributed by atoms with E-state index in [-0.39, 0.29) is 24.0 Å². The topological polar surface area (TPSA) is 50.2 Å². The Labute approximate surface area is 166 Å². The Balaban J connectivity index is 1.77. The number of halogens is 3. The van der Waals surface area contributed by atoms with Crippen molar-refractivity contribution < 1.29 is 18.0 Å². The van der Waals surface area contributed by atoms with Crippen LogP contribution in [0.2, 0.25) is 0 Å². The lowest BCUT2D eigenvalue weighted by Gasteiger charge is -2.18. The van der Waals surface area contributed by atoms with Gasteiger partial charge >= 0.3 is 6.18 Å². The summed E-state index contributed by atoms with van der Waals surface area (Å²) in [6.07, 6.45) is -4.53. The number of carbonyl (C=O) groups excluding carboxylic acids is 1. The third kappa shape index (κ3) is 5.23. The first-order valence-corrected chi connectivity index (χ1v) is 8.99. The van der Waals surface area contributed by atoms with E-state index in [9.17, 15) is 18.0 Å². The van der Waals surface area contributed by atoms with Crippen LogP contribution >= 0.6 is 0 Å². The number of alkyl halides is 3. The summed E-state index contributed by atoms with van der Waals surface area (Å²) in [5.74, 6) is -0.147. The van der Waals surface area contributed by atoms with E-state index in [0.29, 0.717) is 12.2 Å². The number of para-hydroxylation sites is 1. The molecule has 0 bridgehead atoms. The molecule has 0 spiro atoms. The quantitative estimate of drug-likeness (QED) is 0.670. The molecule has 3 aromatic rings. The Bertz CT molecular complexity index is 983. The molecule has 29 heavy (non-hydrogen) atoms. The molecule has 0 atom stereocenters. The Morgan fingerprint density at radius 2 is 1.76 bits per heavy atom. The minimum atomic E-state index is -4.53. The molecule has 2 aromatic carbocycles. The molecule has 0 aliphatic carbocycles. The van der Waals surface area contributed by atoms with Crippen LogP contribution in [0.25, 0.3) is 5.69 Å². The SMILES string of the molecule is Cc1cc(NC(=O)CN(C)Cc2ccccc2)n(-c2ccccc2C(F)(F)F)n1. The summed E-state index contributed by atoms with van der Waals surface area (Å²) in [5.41, 5.74) is 0.596. The van der Waals surface area contributed by atoms with E-state index in [1.54, 1.807) is 20.0 Å². The van der Waals surface area contributed by atoms with Crippen molar-refractivity contribution in [3.63, 3.8) is 0 Å². The Morgan fingerprint density at radius 3 is 2.45 bits per heavy atom. The van der Waals surface area contributed by atoms with E-state index in [4.69, 9.17) is 0 Å². The van der Waals surface area contributed by atoms with Crippen molar-refractivity contribution in [1.29, 1.82) is 0 Å². The van der Waals surface area contributed by atoms with Crippen molar-refractivity contribution in [2.24, 2.45) is 0 Å². The lowest BCUT2D eigenvalue weighted by molar-refractivity contribution is -0.137. The van der Waals surface area contributed by atoms with Crippen LogP contribution < -0.4 is 5.32 Å². The first-order valence-electron chi connectivity index (χ1n) is 8.99. The highest BCUT2D eigenvalue weighted by Crippen LogP contribution is 2.34. The van der Waals surface area contributed by atoms with Gasteiger partial charge in [0.15, 0.2) is 0 Å². The van der Waals surface area contributed by atoms with Gasteiger partial charge in [-0.1, -0.05) is 42.5 Å². The molecule has 8 heteroatoms. The number of likely N-dealkylation sites (N-methyl/N-ethyl adjacent to an activating group) is 1. The molecule has 152 valence electrons. The molecule has 5 nitrogen and oxygen atoms in total.